The molecule has 7 heteroatoms. The molecular formula is C22H33N5O2. The molecule has 4 bridgehead atoms. The largest absolute Gasteiger partial charge is 0.391 e. The second-order valence-corrected chi connectivity index (χ2v) is 10.1. The first kappa shape index (κ1) is 19.2. The van der Waals surface area contributed by atoms with E-state index in [1.807, 2.05) is 0 Å². The van der Waals surface area contributed by atoms with E-state index < -0.39 is 6.04 Å². The number of amides is 1. The zero-order valence-corrected chi connectivity index (χ0v) is 17.3. The van der Waals surface area contributed by atoms with Crippen molar-refractivity contribution in [3.05, 3.63) is 17.6 Å². The maximum Gasteiger partial charge on any atom is 0.239 e. The number of hydrogen-bond donors (Lipinski definition) is 3. The third-order valence-corrected chi connectivity index (χ3v) is 7.96. The Morgan fingerprint density at radius 1 is 1.28 bits per heavy atom. The Morgan fingerprint density at radius 3 is 2.55 bits per heavy atom. The van der Waals surface area contributed by atoms with Crippen molar-refractivity contribution in [2.24, 2.45) is 28.9 Å². The van der Waals surface area contributed by atoms with Crippen molar-refractivity contribution in [2.45, 2.75) is 70.6 Å². The third kappa shape index (κ3) is 3.42. The number of carbonyl (C=O) groups excluding carboxylic acids is 1. The lowest BCUT2D eigenvalue weighted by atomic mass is 9.48. The molecule has 4 fully saturated rings. The monoisotopic (exact) mass is 399 g/mol. The van der Waals surface area contributed by atoms with E-state index in [-0.39, 0.29) is 17.4 Å². The molecule has 4 N–H and O–H groups in total. The zero-order chi connectivity index (χ0) is 20.2. The molecule has 5 aliphatic rings. The number of rotatable bonds is 5. The van der Waals surface area contributed by atoms with Crippen LogP contribution in [-0.4, -0.2) is 51.1 Å². The SMILES string of the molecule is CC(N)C(=O)N1CCc2c(ncnc2NC[C@@H](O)C23CC4CC(CC(C4)C2)C3)C1. The summed E-state index contributed by atoms with van der Waals surface area (Å²) in [5.41, 5.74) is 7.81. The van der Waals surface area contributed by atoms with Crippen LogP contribution in [0.5, 0.6) is 0 Å². The third-order valence-electron chi connectivity index (χ3n) is 7.96. The Hall–Kier alpha value is -1.73. The molecule has 6 rings (SSSR count). The van der Waals surface area contributed by atoms with Crippen LogP contribution in [0.3, 0.4) is 0 Å². The molecule has 4 saturated carbocycles. The number of aliphatic hydroxyl groups excluding tert-OH is 1. The Bertz CT molecular complexity index is 760. The lowest BCUT2D eigenvalue weighted by molar-refractivity contribution is -0.133. The van der Waals surface area contributed by atoms with Gasteiger partial charge in [0, 0.05) is 18.7 Å². The van der Waals surface area contributed by atoms with Crippen LogP contribution in [-0.2, 0) is 17.8 Å². The fourth-order valence-corrected chi connectivity index (χ4v) is 6.98. The van der Waals surface area contributed by atoms with Gasteiger partial charge in [0.2, 0.25) is 5.91 Å². The van der Waals surface area contributed by atoms with Gasteiger partial charge in [0.25, 0.3) is 0 Å². The number of hydrogen-bond acceptors (Lipinski definition) is 6. The molecule has 29 heavy (non-hydrogen) atoms. The molecule has 158 valence electrons. The van der Waals surface area contributed by atoms with Gasteiger partial charge < -0.3 is 21.1 Å². The molecule has 1 amide bonds. The van der Waals surface area contributed by atoms with Crippen molar-refractivity contribution in [2.75, 3.05) is 18.4 Å². The molecule has 1 aromatic heterocycles. The summed E-state index contributed by atoms with van der Waals surface area (Å²) in [6, 6.07) is -0.494. The van der Waals surface area contributed by atoms with Crippen LogP contribution in [0.15, 0.2) is 6.33 Å². The van der Waals surface area contributed by atoms with E-state index in [1.54, 1.807) is 18.2 Å². The van der Waals surface area contributed by atoms with Crippen LogP contribution in [0.1, 0.15) is 56.7 Å². The second-order valence-electron chi connectivity index (χ2n) is 10.1. The lowest BCUT2D eigenvalue weighted by Gasteiger charge is -2.58. The predicted molar refractivity (Wildman–Crippen MR) is 110 cm³/mol. The van der Waals surface area contributed by atoms with Crippen molar-refractivity contribution in [3.63, 3.8) is 0 Å². The molecule has 0 radical (unpaired) electrons. The quantitative estimate of drug-likeness (QED) is 0.696. The van der Waals surface area contributed by atoms with E-state index >= 15 is 0 Å². The van der Waals surface area contributed by atoms with Gasteiger partial charge in [-0.1, -0.05) is 0 Å². The smallest absolute Gasteiger partial charge is 0.239 e. The van der Waals surface area contributed by atoms with Crippen LogP contribution in [0.4, 0.5) is 5.82 Å². The number of nitrogens with zero attached hydrogens (tertiary/aromatic N) is 3. The van der Waals surface area contributed by atoms with Gasteiger partial charge in [0.1, 0.15) is 12.1 Å². The highest BCUT2D eigenvalue weighted by Crippen LogP contribution is 2.61. The Balaban J connectivity index is 1.27. The number of aromatic nitrogens is 2. The molecule has 1 unspecified atom stereocenters. The first-order valence-corrected chi connectivity index (χ1v) is 11.2. The summed E-state index contributed by atoms with van der Waals surface area (Å²) in [4.78, 5) is 22.9. The summed E-state index contributed by atoms with van der Waals surface area (Å²) in [6.45, 7) is 3.37. The van der Waals surface area contributed by atoms with Gasteiger partial charge in [-0.05, 0) is 75.0 Å². The minimum absolute atomic E-state index is 0.0407. The molecule has 4 aliphatic carbocycles. The molecule has 0 spiro atoms. The van der Waals surface area contributed by atoms with E-state index in [1.165, 1.54) is 38.5 Å². The average Bonchev–Trinajstić information content (AvgIpc) is 2.69. The lowest BCUT2D eigenvalue weighted by Crippen LogP contribution is -2.53. The van der Waals surface area contributed by atoms with Crippen LogP contribution in [0.2, 0.25) is 0 Å². The highest BCUT2D eigenvalue weighted by Gasteiger charge is 2.53. The summed E-state index contributed by atoms with van der Waals surface area (Å²) < 4.78 is 0. The molecule has 2 heterocycles. The fraction of sp³-hybridized carbons (Fsp3) is 0.773. The number of fused-ring (bicyclic) bond motifs is 1. The van der Waals surface area contributed by atoms with Gasteiger partial charge in [0.15, 0.2) is 0 Å². The second kappa shape index (κ2) is 7.20. The maximum atomic E-state index is 12.2. The van der Waals surface area contributed by atoms with Crippen LogP contribution in [0, 0.1) is 23.2 Å². The van der Waals surface area contributed by atoms with Crippen LogP contribution < -0.4 is 11.1 Å². The average molecular weight is 400 g/mol. The fourth-order valence-electron chi connectivity index (χ4n) is 6.98. The first-order chi connectivity index (χ1) is 13.9. The molecular weight excluding hydrogens is 366 g/mol. The minimum atomic E-state index is -0.494. The summed E-state index contributed by atoms with van der Waals surface area (Å²) in [7, 11) is 0. The molecule has 1 aliphatic heterocycles. The Morgan fingerprint density at radius 2 is 1.93 bits per heavy atom. The van der Waals surface area contributed by atoms with Gasteiger partial charge >= 0.3 is 0 Å². The number of aliphatic hydroxyl groups is 1. The highest BCUT2D eigenvalue weighted by molar-refractivity contribution is 5.81. The van der Waals surface area contributed by atoms with Gasteiger partial charge in [-0.25, -0.2) is 9.97 Å². The van der Waals surface area contributed by atoms with E-state index in [0.717, 1.165) is 34.8 Å². The topological polar surface area (TPSA) is 104 Å². The van der Waals surface area contributed by atoms with Crippen molar-refractivity contribution in [1.82, 2.24) is 14.9 Å². The van der Waals surface area contributed by atoms with E-state index in [4.69, 9.17) is 5.73 Å². The zero-order valence-electron chi connectivity index (χ0n) is 17.3. The molecule has 2 atom stereocenters. The number of anilines is 1. The minimum Gasteiger partial charge on any atom is -0.391 e. The molecule has 1 aromatic rings. The van der Waals surface area contributed by atoms with Crippen LogP contribution in [0.25, 0.3) is 0 Å². The summed E-state index contributed by atoms with van der Waals surface area (Å²) in [5.74, 6) is 3.26. The Labute approximate surface area is 172 Å². The van der Waals surface area contributed by atoms with Crippen molar-refractivity contribution in [3.8, 4) is 0 Å². The maximum absolute atomic E-state index is 12.2. The van der Waals surface area contributed by atoms with Gasteiger partial charge in [0.05, 0.1) is 24.4 Å². The number of nitrogens with one attached hydrogen (secondary N) is 1. The summed E-state index contributed by atoms with van der Waals surface area (Å²) in [5, 5.41) is 14.6. The Kier molecular flexibility index (Phi) is 4.78. The predicted octanol–water partition coefficient (Wildman–Crippen LogP) is 1.70. The molecule has 0 aromatic carbocycles. The van der Waals surface area contributed by atoms with Crippen molar-refractivity contribution in [1.29, 1.82) is 0 Å². The molecule has 7 nitrogen and oxygen atoms in total. The van der Waals surface area contributed by atoms with Gasteiger partial charge in [-0.15, -0.1) is 0 Å². The summed E-state index contributed by atoms with van der Waals surface area (Å²) in [6.07, 6.45) is 9.66. The van der Waals surface area contributed by atoms with E-state index in [2.05, 4.69) is 15.3 Å². The number of carbonyl (C=O) groups is 1. The van der Waals surface area contributed by atoms with Gasteiger partial charge in [-0.3, -0.25) is 4.79 Å². The summed E-state index contributed by atoms with van der Waals surface area (Å²) >= 11 is 0. The standard InChI is InChI=1S/C22H33N5O2/c1-13(23)21(29)27-3-2-17-18(11-27)25-12-26-20(17)24-10-19(28)22-7-14-4-15(8-22)6-16(5-14)9-22/h12-16,19,28H,2-11,23H2,1H3,(H,24,25,26)/t13?,14?,15?,16?,19-,22?/m1/s1. The normalized spacial score (nSPS) is 34.6. The molecule has 0 saturated heterocycles. The van der Waals surface area contributed by atoms with E-state index in [0.29, 0.717) is 26.1 Å². The van der Waals surface area contributed by atoms with Gasteiger partial charge in [-0.2, -0.15) is 0 Å². The van der Waals surface area contributed by atoms with E-state index in [9.17, 15) is 9.90 Å². The van der Waals surface area contributed by atoms with Crippen LogP contribution >= 0.6 is 0 Å². The number of nitrogens with two attached hydrogens (primary N) is 1. The van der Waals surface area contributed by atoms with Crippen molar-refractivity contribution >= 4 is 11.7 Å². The highest BCUT2D eigenvalue weighted by atomic mass is 16.3. The first-order valence-electron chi connectivity index (χ1n) is 11.2. The van der Waals surface area contributed by atoms with Crippen molar-refractivity contribution < 1.29 is 9.90 Å².